The predicted molar refractivity (Wildman–Crippen MR) is 52.6 cm³/mol. The fraction of sp³-hybridized carbons (Fsp3) is 0.300. The minimum Gasteiger partial charge on any atom is -0.486 e. The fourth-order valence-electron chi connectivity index (χ4n) is 1.38. The van der Waals surface area contributed by atoms with Crippen molar-refractivity contribution < 1.29 is 14.3 Å². The average molecular weight is 213 g/mol. The van der Waals surface area contributed by atoms with E-state index in [0.717, 1.165) is 11.8 Å². The van der Waals surface area contributed by atoms with Gasteiger partial charge in [-0.15, -0.1) is 0 Å². The van der Waals surface area contributed by atoms with Crippen molar-refractivity contribution in [3.8, 4) is 11.5 Å². The Morgan fingerprint density at radius 2 is 2.14 bits per heavy atom. The molecule has 0 fully saturated rings. The summed E-state index contributed by atoms with van der Waals surface area (Å²) in [5.41, 5.74) is 1.27. The zero-order valence-electron chi connectivity index (χ0n) is 7.67. The number of hydrogen-bond donors (Lipinski definition) is 0. The molecule has 2 rings (SSSR count). The van der Waals surface area contributed by atoms with Gasteiger partial charge in [0, 0.05) is 5.56 Å². The Hall–Kier alpha value is -1.22. The molecule has 0 unspecified atom stereocenters. The molecule has 0 aliphatic carbocycles. The van der Waals surface area contributed by atoms with Gasteiger partial charge in [0.15, 0.2) is 17.8 Å². The summed E-state index contributed by atoms with van der Waals surface area (Å²) in [5.74, 6) is 1.09. The zero-order valence-corrected chi connectivity index (χ0v) is 8.43. The van der Waals surface area contributed by atoms with Gasteiger partial charge >= 0.3 is 0 Å². The van der Waals surface area contributed by atoms with Gasteiger partial charge in [0.25, 0.3) is 0 Å². The largest absolute Gasteiger partial charge is 0.486 e. The zero-order chi connectivity index (χ0) is 10.1. The summed E-state index contributed by atoms with van der Waals surface area (Å²) in [4.78, 5) is 10.7. The van der Waals surface area contributed by atoms with Crippen molar-refractivity contribution in [1.82, 2.24) is 0 Å². The van der Waals surface area contributed by atoms with E-state index in [1.807, 2.05) is 0 Å². The van der Waals surface area contributed by atoms with Crippen LogP contribution in [0, 0.1) is 6.92 Å². The van der Waals surface area contributed by atoms with Gasteiger partial charge in [-0.05, 0) is 18.6 Å². The van der Waals surface area contributed by atoms with Crippen LogP contribution in [-0.2, 0) is 0 Å². The molecule has 0 amide bonds. The number of benzene rings is 1. The van der Waals surface area contributed by atoms with E-state index in [1.54, 1.807) is 13.0 Å². The third kappa shape index (κ3) is 1.34. The molecule has 3 nitrogen and oxygen atoms in total. The molecule has 1 aromatic rings. The number of ether oxygens (including phenoxy) is 2. The van der Waals surface area contributed by atoms with Crippen molar-refractivity contribution in [2.24, 2.45) is 0 Å². The van der Waals surface area contributed by atoms with E-state index in [9.17, 15) is 4.79 Å². The summed E-state index contributed by atoms with van der Waals surface area (Å²) in [7, 11) is 0. The first-order chi connectivity index (χ1) is 6.74. The summed E-state index contributed by atoms with van der Waals surface area (Å²) in [6.07, 6.45) is 0.763. The Balaban J connectivity index is 2.62. The van der Waals surface area contributed by atoms with Crippen molar-refractivity contribution in [2.75, 3.05) is 13.2 Å². The number of aldehydes is 1. The molecule has 0 saturated carbocycles. The van der Waals surface area contributed by atoms with Crippen LogP contribution in [0.15, 0.2) is 6.07 Å². The van der Waals surface area contributed by atoms with Crippen molar-refractivity contribution >= 4 is 17.9 Å². The summed E-state index contributed by atoms with van der Waals surface area (Å²) < 4.78 is 10.7. The number of rotatable bonds is 1. The van der Waals surface area contributed by atoms with Crippen LogP contribution in [0.5, 0.6) is 11.5 Å². The molecular formula is C10H9ClO3. The number of halogens is 1. The lowest BCUT2D eigenvalue weighted by Gasteiger charge is -2.20. The van der Waals surface area contributed by atoms with E-state index in [-0.39, 0.29) is 0 Å². The van der Waals surface area contributed by atoms with Gasteiger partial charge in [0.1, 0.15) is 13.2 Å². The van der Waals surface area contributed by atoms with Crippen molar-refractivity contribution in [1.29, 1.82) is 0 Å². The molecule has 0 N–H and O–H groups in total. The minimum atomic E-state index is 0.462. The first kappa shape index (κ1) is 9.34. The maximum absolute atomic E-state index is 10.7. The lowest BCUT2D eigenvalue weighted by atomic mass is 10.1. The Morgan fingerprint density at radius 1 is 1.43 bits per heavy atom. The van der Waals surface area contributed by atoms with Gasteiger partial charge in [-0.1, -0.05) is 11.6 Å². The fourth-order valence-corrected chi connectivity index (χ4v) is 1.64. The van der Waals surface area contributed by atoms with Crippen LogP contribution in [-0.4, -0.2) is 19.5 Å². The van der Waals surface area contributed by atoms with Gasteiger partial charge in [-0.25, -0.2) is 0 Å². The summed E-state index contributed by atoms with van der Waals surface area (Å²) >= 11 is 6.03. The molecular weight excluding hydrogens is 204 g/mol. The highest BCUT2D eigenvalue weighted by atomic mass is 35.5. The number of fused-ring (bicyclic) bond motifs is 1. The Labute approximate surface area is 86.6 Å². The second kappa shape index (κ2) is 3.50. The third-order valence-electron chi connectivity index (χ3n) is 2.19. The monoisotopic (exact) mass is 212 g/mol. The normalized spacial score (nSPS) is 13.9. The highest BCUT2D eigenvalue weighted by molar-refractivity contribution is 6.33. The van der Waals surface area contributed by atoms with Crippen LogP contribution in [0.3, 0.4) is 0 Å². The van der Waals surface area contributed by atoms with Gasteiger partial charge in [0.2, 0.25) is 0 Å². The molecule has 14 heavy (non-hydrogen) atoms. The molecule has 4 heteroatoms. The van der Waals surface area contributed by atoms with Gasteiger partial charge < -0.3 is 9.47 Å². The predicted octanol–water partition coefficient (Wildman–Crippen LogP) is 2.23. The van der Waals surface area contributed by atoms with Crippen LogP contribution < -0.4 is 9.47 Å². The number of carbonyl (C=O) groups excluding carboxylic acids is 1. The first-order valence-corrected chi connectivity index (χ1v) is 4.65. The van der Waals surface area contributed by atoms with Gasteiger partial charge in [-0.2, -0.15) is 0 Å². The molecule has 0 aromatic heterocycles. The maximum atomic E-state index is 10.7. The molecule has 0 spiro atoms. The molecule has 0 bridgehead atoms. The topological polar surface area (TPSA) is 35.5 Å². The average Bonchev–Trinajstić information content (AvgIpc) is 2.23. The van der Waals surface area contributed by atoms with Crippen LogP contribution in [0.25, 0.3) is 0 Å². The highest BCUT2D eigenvalue weighted by Crippen LogP contribution is 2.40. The van der Waals surface area contributed by atoms with Gasteiger partial charge in [-0.3, -0.25) is 4.79 Å². The lowest BCUT2D eigenvalue weighted by molar-refractivity contribution is 0.112. The van der Waals surface area contributed by atoms with Gasteiger partial charge in [0.05, 0.1) is 5.02 Å². The molecule has 74 valence electrons. The Morgan fingerprint density at radius 3 is 2.86 bits per heavy atom. The third-order valence-corrected chi connectivity index (χ3v) is 2.64. The summed E-state index contributed by atoms with van der Waals surface area (Å²) in [6.45, 7) is 2.77. The smallest absolute Gasteiger partial charge is 0.180 e. The van der Waals surface area contributed by atoms with Crippen LogP contribution in [0.2, 0.25) is 5.02 Å². The Bertz CT molecular complexity index is 387. The SMILES string of the molecule is Cc1c(C=O)cc2c(c1Cl)OCCO2. The van der Waals surface area contributed by atoms with E-state index >= 15 is 0 Å². The van der Waals surface area contributed by atoms with Crippen molar-refractivity contribution in [3.63, 3.8) is 0 Å². The van der Waals surface area contributed by atoms with Crippen LogP contribution in [0.4, 0.5) is 0 Å². The molecule has 0 atom stereocenters. The molecule has 0 radical (unpaired) electrons. The van der Waals surface area contributed by atoms with E-state index in [1.165, 1.54) is 0 Å². The molecule has 1 heterocycles. The van der Waals surface area contributed by atoms with E-state index in [0.29, 0.717) is 35.3 Å². The maximum Gasteiger partial charge on any atom is 0.180 e. The minimum absolute atomic E-state index is 0.462. The van der Waals surface area contributed by atoms with Crippen LogP contribution in [0.1, 0.15) is 15.9 Å². The van der Waals surface area contributed by atoms with Crippen molar-refractivity contribution in [2.45, 2.75) is 6.92 Å². The van der Waals surface area contributed by atoms with E-state index in [4.69, 9.17) is 21.1 Å². The summed E-state index contributed by atoms with van der Waals surface area (Å²) in [5, 5.41) is 0.462. The molecule has 1 aliphatic rings. The first-order valence-electron chi connectivity index (χ1n) is 4.28. The lowest BCUT2D eigenvalue weighted by Crippen LogP contribution is -2.16. The standard InChI is InChI=1S/C10H9ClO3/c1-6-7(5-12)4-8-10(9(6)11)14-3-2-13-8/h4-5H,2-3H2,1H3. The second-order valence-corrected chi connectivity index (χ2v) is 3.42. The quantitative estimate of drug-likeness (QED) is 0.670. The highest BCUT2D eigenvalue weighted by Gasteiger charge is 2.19. The van der Waals surface area contributed by atoms with E-state index < -0.39 is 0 Å². The molecule has 1 aliphatic heterocycles. The second-order valence-electron chi connectivity index (χ2n) is 3.05. The molecule has 1 aromatic carbocycles. The van der Waals surface area contributed by atoms with E-state index in [2.05, 4.69) is 0 Å². The van der Waals surface area contributed by atoms with Crippen molar-refractivity contribution in [3.05, 3.63) is 22.2 Å². The number of carbonyl (C=O) groups is 1. The molecule has 0 saturated heterocycles. The Kier molecular flexibility index (Phi) is 2.33. The number of hydrogen-bond acceptors (Lipinski definition) is 3. The summed E-state index contributed by atoms with van der Waals surface area (Å²) in [6, 6.07) is 1.66. The van der Waals surface area contributed by atoms with Crippen LogP contribution >= 0.6 is 11.6 Å².